The molecule has 0 aromatic rings. The van der Waals surface area contributed by atoms with Crippen LogP contribution in [0.25, 0.3) is 0 Å². The molecular weight excluding hydrogens is 236 g/mol. The Morgan fingerprint density at radius 1 is 1.21 bits per heavy atom. The quantitative estimate of drug-likeness (QED) is 0.775. The highest BCUT2D eigenvalue weighted by atomic mass is 16.3. The van der Waals surface area contributed by atoms with Gasteiger partial charge in [-0.05, 0) is 44.9 Å². The molecule has 112 valence electrons. The lowest BCUT2D eigenvalue weighted by atomic mass is 9.73. The third-order valence-corrected chi connectivity index (χ3v) is 5.04. The number of nitrogens with one attached hydrogen (secondary N) is 1. The van der Waals surface area contributed by atoms with Crippen molar-refractivity contribution in [2.45, 2.75) is 71.1 Å². The molecule has 0 aromatic carbocycles. The molecule has 1 saturated carbocycles. The predicted molar refractivity (Wildman–Crippen MR) is 80.2 cm³/mol. The zero-order valence-corrected chi connectivity index (χ0v) is 12.9. The molecule has 3 nitrogen and oxygen atoms in total. The summed E-state index contributed by atoms with van der Waals surface area (Å²) in [4.78, 5) is 2.65. The van der Waals surface area contributed by atoms with E-state index < -0.39 is 0 Å². The van der Waals surface area contributed by atoms with Gasteiger partial charge in [-0.2, -0.15) is 0 Å². The molecule has 3 atom stereocenters. The van der Waals surface area contributed by atoms with Crippen LogP contribution in [0.3, 0.4) is 0 Å². The molecule has 3 heteroatoms. The summed E-state index contributed by atoms with van der Waals surface area (Å²) in [6.45, 7) is 10.0. The van der Waals surface area contributed by atoms with Crippen molar-refractivity contribution in [3.63, 3.8) is 0 Å². The van der Waals surface area contributed by atoms with Gasteiger partial charge < -0.3 is 15.3 Å². The van der Waals surface area contributed by atoms with E-state index in [-0.39, 0.29) is 6.10 Å². The van der Waals surface area contributed by atoms with Crippen molar-refractivity contribution in [3.8, 4) is 0 Å². The molecule has 2 fully saturated rings. The summed E-state index contributed by atoms with van der Waals surface area (Å²) < 4.78 is 0. The molecule has 1 aliphatic heterocycles. The van der Waals surface area contributed by atoms with Gasteiger partial charge in [0.15, 0.2) is 0 Å². The van der Waals surface area contributed by atoms with Crippen LogP contribution in [0.2, 0.25) is 0 Å². The minimum absolute atomic E-state index is 0.158. The number of aliphatic hydroxyl groups is 1. The maximum atomic E-state index is 9.91. The second-order valence-electron chi connectivity index (χ2n) is 6.88. The molecule has 0 amide bonds. The third-order valence-electron chi connectivity index (χ3n) is 5.04. The second-order valence-corrected chi connectivity index (χ2v) is 6.88. The molecule has 0 aromatic heterocycles. The van der Waals surface area contributed by atoms with Crippen molar-refractivity contribution >= 4 is 0 Å². The topological polar surface area (TPSA) is 35.5 Å². The highest BCUT2D eigenvalue weighted by Crippen LogP contribution is 2.35. The van der Waals surface area contributed by atoms with Gasteiger partial charge in [-0.3, -0.25) is 0 Å². The summed E-state index contributed by atoms with van der Waals surface area (Å²) in [6.07, 6.45) is 5.96. The number of rotatable bonds is 6. The van der Waals surface area contributed by atoms with Gasteiger partial charge in [0.1, 0.15) is 0 Å². The summed E-state index contributed by atoms with van der Waals surface area (Å²) in [5.41, 5.74) is 0. The minimum Gasteiger partial charge on any atom is -0.392 e. The van der Waals surface area contributed by atoms with E-state index in [1.165, 1.54) is 32.4 Å². The van der Waals surface area contributed by atoms with E-state index in [1.54, 1.807) is 0 Å². The smallest absolute Gasteiger partial charge is 0.0664 e. The van der Waals surface area contributed by atoms with E-state index in [0.717, 1.165) is 31.2 Å². The van der Waals surface area contributed by atoms with E-state index in [0.29, 0.717) is 12.1 Å². The molecule has 2 rings (SSSR count). The molecule has 2 aliphatic rings. The fourth-order valence-electron chi connectivity index (χ4n) is 3.94. The lowest BCUT2D eigenvalue weighted by Gasteiger charge is -2.49. The number of hydrogen-bond donors (Lipinski definition) is 2. The summed E-state index contributed by atoms with van der Waals surface area (Å²) in [5, 5.41) is 13.6. The van der Waals surface area contributed by atoms with E-state index in [4.69, 9.17) is 0 Å². The van der Waals surface area contributed by atoms with Crippen molar-refractivity contribution in [1.82, 2.24) is 10.2 Å². The Hall–Kier alpha value is -0.120. The van der Waals surface area contributed by atoms with E-state index in [1.807, 2.05) is 0 Å². The Labute approximate surface area is 118 Å². The monoisotopic (exact) mass is 268 g/mol. The van der Waals surface area contributed by atoms with Crippen LogP contribution in [0.15, 0.2) is 0 Å². The van der Waals surface area contributed by atoms with Gasteiger partial charge >= 0.3 is 0 Å². The molecule has 3 unspecified atom stereocenters. The molecule has 2 N–H and O–H groups in total. The normalized spacial score (nSPS) is 33.6. The zero-order chi connectivity index (χ0) is 13.8. The average Bonchev–Trinajstić information content (AvgIpc) is 2.35. The van der Waals surface area contributed by atoms with Gasteiger partial charge in [0.25, 0.3) is 0 Å². The number of fused-ring (bicyclic) bond motifs is 2. The molecule has 19 heavy (non-hydrogen) atoms. The van der Waals surface area contributed by atoms with Crippen LogP contribution < -0.4 is 5.32 Å². The van der Waals surface area contributed by atoms with Crippen LogP contribution in [-0.2, 0) is 0 Å². The van der Waals surface area contributed by atoms with Gasteiger partial charge in [-0.1, -0.05) is 19.8 Å². The Kier molecular flexibility index (Phi) is 5.67. The first-order valence-corrected chi connectivity index (χ1v) is 8.27. The summed E-state index contributed by atoms with van der Waals surface area (Å²) in [6, 6.07) is 1.32. The Bertz CT molecular complexity index is 255. The third kappa shape index (κ3) is 3.93. The maximum Gasteiger partial charge on any atom is 0.0664 e. The van der Waals surface area contributed by atoms with Gasteiger partial charge in [0.05, 0.1) is 6.10 Å². The molecule has 1 heterocycles. The van der Waals surface area contributed by atoms with Crippen molar-refractivity contribution in [2.75, 3.05) is 19.6 Å². The van der Waals surface area contributed by atoms with Gasteiger partial charge in [-0.15, -0.1) is 0 Å². The van der Waals surface area contributed by atoms with E-state index in [2.05, 4.69) is 31.0 Å². The second kappa shape index (κ2) is 7.05. The highest BCUT2D eigenvalue weighted by molar-refractivity contribution is 4.95. The van der Waals surface area contributed by atoms with Crippen LogP contribution >= 0.6 is 0 Å². The SMILES string of the molecule is CCCC(O)CNC1C2CCCC1CN(C(C)C)C2. The fraction of sp³-hybridized carbons (Fsp3) is 1.00. The number of likely N-dealkylation sites (tertiary alicyclic amines) is 1. The summed E-state index contributed by atoms with van der Waals surface area (Å²) in [7, 11) is 0. The lowest BCUT2D eigenvalue weighted by Crippen LogP contribution is -2.59. The molecule has 2 bridgehead atoms. The Morgan fingerprint density at radius 3 is 2.37 bits per heavy atom. The molecular formula is C16H32N2O. The maximum absolute atomic E-state index is 9.91. The lowest BCUT2D eigenvalue weighted by molar-refractivity contribution is 0.0236. The summed E-state index contributed by atoms with van der Waals surface area (Å²) in [5.74, 6) is 1.59. The zero-order valence-electron chi connectivity index (χ0n) is 12.9. The minimum atomic E-state index is -0.158. The predicted octanol–water partition coefficient (Wildman–Crippen LogP) is 2.25. The summed E-state index contributed by atoms with van der Waals surface area (Å²) >= 11 is 0. The number of piperidine rings is 1. The molecule has 0 radical (unpaired) electrons. The fourth-order valence-corrected chi connectivity index (χ4v) is 3.94. The number of nitrogens with zero attached hydrogens (tertiary/aromatic N) is 1. The Balaban J connectivity index is 1.87. The van der Waals surface area contributed by atoms with Crippen molar-refractivity contribution in [1.29, 1.82) is 0 Å². The largest absolute Gasteiger partial charge is 0.392 e. The van der Waals surface area contributed by atoms with Crippen LogP contribution in [-0.4, -0.2) is 47.8 Å². The van der Waals surface area contributed by atoms with Gasteiger partial charge in [0, 0.05) is 31.7 Å². The highest BCUT2D eigenvalue weighted by Gasteiger charge is 2.39. The average molecular weight is 268 g/mol. The van der Waals surface area contributed by atoms with Crippen molar-refractivity contribution in [3.05, 3.63) is 0 Å². The van der Waals surface area contributed by atoms with Gasteiger partial charge in [-0.25, -0.2) is 0 Å². The Morgan fingerprint density at radius 2 is 1.84 bits per heavy atom. The standard InChI is InChI=1S/C16H32N2O/c1-4-6-15(19)9-17-16-13-7-5-8-14(16)11-18(10-13)12(2)3/h12-17,19H,4-11H2,1-3H3. The van der Waals surface area contributed by atoms with Crippen LogP contribution in [0.5, 0.6) is 0 Å². The van der Waals surface area contributed by atoms with Crippen molar-refractivity contribution < 1.29 is 5.11 Å². The molecule has 0 spiro atoms. The van der Waals surface area contributed by atoms with E-state index >= 15 is 0 Å². The first kappa shape index (κ1) is 15.3. The van der Waals surface area contributed by atoms with Crippen LogP contribution in [0, 0.1) is 11.8 Å². The molecule has 1 saturated heterocycles. The van der Waals surface area contributed by atoms with Crippen molar-refractivity contribution in [2.24, 2.45) is 11.8 Å². The number of hydrogen-bond acceptors (Lipinski definition) is 3. The van der Waals surface area contributed by atoms with Gasteiger partial charge in [0.2, 0.25) is 0 Å². The first-order chi connectivity index (χ1) is 9.11. The molecule has 1 aliphatic carbocycles. The van der Waals surface area contributed by atoms with E-state index in [9.17, 15) is 5.11 Å². The van der Waals surface area contributed by atoms with Crippen LogP contribution in [0.1, 0.15) is 52.9 Å². The number of aliphatic hydroxyl groups excluding tert-OH is 1. The van der Waals surface area contributed by atoms with Crippen LogP contribution in [0.4, 0.5) is 0 Å². The first-order valence-electron chi connectivity index (χ1n) is 8.27.